The Morgan fingerprint density at radius 1 is 1.45 bits per heavy atom. The lowest BCUT2D eigenvalue weighted by Crippen LogP contribution is -2.09. The first-order valence-electron chi connectivity index (χ1n) is 6.91. The van der Waals surface area contributed by atoms with Crippen LogP contribution in [0.4, 0.5) is 0 Å². The molecule has 0 amide bonds. The molecule has 1 heterocycles. The summed E-state index contributed by atoms with van der Waals surface area (Å²) in [4.78, 5) is 16.5. The van der Waals surface area contributed by atoms with Gasteiger partial charge in [0, 0.05) is 36.6 Å². The minimum atomic E-state index is -0.327. The Morgan fingerprint density at radius 3 is 2.86 bits per heavy atom. The van der Waals surface area contributed by atoms with E-state index in [0.29, 0.717) is 18.8 Å². The lowest BCUT2D eigenvalue weighted by atomic mass is 10.1. The molecule has 0 saturated carbocycles. The van der Waals surface area contributed by atoms with Gasteiger partial charge in [-0.25, -0.2) is 4.79 Å². The van der Waals surface area contributed by atoms with E-state index >= 15 is 0 Å². The Morgan fingerprint density at radius 2 is 2.27 bits per heavy atom. The fourth-order valence-electron chi connectivity index (χ4n) is 1.57. The van der Waals surface area contributed by atoms with E-state index in [1.807, 2.05) is 18.2 Å². The first-order valence-corrected chi connectivity index (χ1v) is 8.88. The van der Waals surface area contributed by atoms with Crippen molar-refractivity contribution in [3.05, 3.63) is 47.0 Å². The zero-order valence-electron chi connectivity index (χ0n) is 12.9. The summed E-state index contributed by atoms with van der Waals surface area (Å²) in [5.74, 6) is 1.16. The number of pyridine rings is 1. The molecule has 6 heteroatoms. The first-order chi connectivity index (χ1) is 10.7. The molecule has 0 atom stereocenters. The molecule has 1 aromatic heterocycles. The van der Waals surface area contributed by atoms with Gasteiger partial charge in [-0.2, -0.15) is 0 Å². The number of hydrogen-bond acceptors (Lipinski definition) is 6. The molecule has 0 aliphatic carbocycles. The van der Waals surface area contributed by atoms with Crippen LogP contribution in [0.25, 0.3) is 5.57 Å². The highest BCUT2D eigenvalue weighted by Gasteiger charge is 2.20. The Hall–Kier alpha value is -1.24. The molecule has 0 saturated heterocycles. The van der Waals surface area contributed by atoms with Gasteiger partial charge in [0.2, 0.25) is 0 Å². The summed E-state index contributed by atoms with van der Waals surface area (Å²) in [7, 11) is 1.66. The molecule has 1 aromatic rings. The maximum atomic E-state index is 12.4. The van der Waals surface area contributed by atoms with Gasteiger partial charge in [0.15, 0.2) is 0 Å². The van der Waals surface area contributed by atoms with E-state index in [4.69, 9.17) is 9.47 Å². The highest BCUT2D eigenvalue weighted by molar-refractivity contribution is 8.22. The third-order valence-corrected chi connectivity index (χ3v) is 4.90. The molecular weight excluding hydrogens is 318 g/mol. The van der Waals surface area contributed by atoms with Crippen molar-refractivity contribution in [2.75, 3.05) is 31.8 Å². The summed E-state index contributed by atoms with van der Waals surface area (Å²) in [5, 5.41) is 0. The minimum absolute atomic E-state index is 0.327. The average molecular weight is 339 g/mol. The van der Waals surface area contributed by atoms with Crippen molar-refractivity contribution < 1.29 is 14.3 Å². The van der Waals surface area contributed by atoms with Gasteiger partial charge in [-0.15, -0.1) is 30.1 Å². The van der Waals surface area contributed by atoms with E-state index in [-0.39, 0.29) is 5.97 Å². The molecule has 120 valence electrons. The number of carbonyl (C=O) groups is 1. The van der Waals surface area contributed by atoms with Gasteiger partial charge >= 0.3 is 5.97 Å². The number of rotatable bonds is 10. The van der Waals surface area contributed by atoms with E-state index < -0.39 is 0 Å². The van der Waals surface area contributed by atoms with Crippen molar-refractivity contribution in [2.45, 2.75) is 6.92 Å². The number of esters is 1. The van der Waals surface area contributed by atoms with E-state index in [0.717, 1.165) is 21.3 Å². The molecule has 1 rings (SSSR count). The quantitative estimate of drug-likeness (QED) is 0.281. The van der Waals surface area contributed by atoms with Crippen molar-refractivity contribution in [1.29, 1.82) is 0 Å². The molecule has 0 bridgehead atoms. The molecule has 0 aliphatic heterocycles. The van der Waals surface area contributed by atoms with Gasteiger partial charge in [-0.1, -0.05) is 12.1 Å². The van der Waals surface area contributed by atoms with Crippen LogP contribution in [0.15, 0.2) is 41.4 Å². The van der Waals surface area contributed by atoms with Crippen LogP contribution in [-0.2, 0) is 14.3 Å². The van der Waals surface area contributed by atoms with E-state index in [1.165, 1.54) is 0 Å². The van der Waals surface area contributed by atoms with Crippen LogP contribution < -0.4 is 0 Å². The summed E-state index contributed by atoms with van der Waals surface area (Å²) in [5.41, 5.74) is 1.32. The Kier molecular flexibility index (Phi) is 9.70. The molecular formula is C16H21NO3S2. The average Bonchev–Trinajstić information content (AvgIpc) is 2.54. The summed E-state index contributed by atoms with van der Waals surface area (Å²) < 4.78 is 11.2. The largest absolute Gasteiger partial charge is 0.462 e. The molecule has 0 aromatic carbocycles. The number of methoxy groups -OCH3 is 1. The molecule has 22 heavy (non-hydrogen) atoms. The number of carbonyl (C=O) groups excluding carboxylic acids is 1. The summed E-state index contributed by atoms with van der Waals surface area (Å²) >= 11 is 3.15. The smallest absolute Gasteiger partial charge is 0.340 e. The lowest BCUT2D eigenvalue weighted by molar-refractivity contribution is -0.136. The highest BCUT2D eigenvalue weighted by atomic mass is 32.2. The Bertz CT molecular complexity index is 503. The van der Waals surface area contributed by atoms with Crippen LogP contribution in [-0.4, -0.2) is 42.8 Å². The minimum Gasteiger partial charge on any atom is -0.462 e. The SMILES string of the molecule is C=CCS/C(SCCOC)=C(/C(=O)OCC)c1cccnc1. The maximum absolute atomic E-state index is 12.4. The van der Waals surface area contributed by atoms with Gasteiger partial charge < -0.3 is 9.47 Å². The van der Waals surface area contributed by atoms with E-state index in [2.05, 4.69) is 11.6 Å². The number of ether oxygens (including phenoxy) is 2. The Balaban J connectivity index is 3.17. The molecule has 0 fully saturated rings. The second kappa shape index (κ2) is 11.3. The standard InChI is InChI=1S/C16H21NO3S2/c1-4-10-21-16(22-11-9-19-3)14(15(18)20-5-2)13-7-6-8-17-12-13/h4,6-8,12H,1,5,9-11H2,2-3H3/b16-14-. The number of hydrogen-bond donors (Lipinski definition) is 0. The van der Waals surface area contributed by atoms with Gasteiger partial charge in [-0.05, 0) is 13.0 Å². The van der Waals surface area contributed by atoms with Gasteiger partial charge in [0.25, 0.3) is 0 Å². The third kappa shape index (κ3) is 6.25. The van der Waals surface area contributed by atoms with Crippen molar-refractivity contribution in [2.24, 2.45) is 0 Å². The molecule has 4 nitrogen and oxygen atoms in total. The third-order valence-electron chi connectivity index (χ3n) is 2.49. The summed E-state index contributed by atoms with van der Waals surface area (Å²) in [6, 6.07) is 3.68. The topological polar surface area (TPSA) is 48.4 Å². The molecule has 0 unspecified atom stereocenters. The molecule has 0 radical (unpaired) electrons. The molecule has 0 N–H and O–H groups in total. The fourth-order valence-corrected chi connectivity index (χ4v) is 3.75. The number of aromatic nitrogens is 1. The first kappa shape index (κ1) is 18.8. The van der Waals surface area contributed by atoms with Gasteiger partial charge in [0.05, 0.1) is 23.0 Å². The zero-order valence-corrected chi connectivity index (χ0v) is 14.5. The maximum Gasteiger partial charge on any atom is 0.340 e. The second-order valence-corrected chi connectivity index (χ2v) is 6.46. The normalized spacial score (nSPS) is 11.7. The monoisotopic (exact) mass is 339 g/mol. The van der Waals surface area contributed by atoms with Crippen LogP contribution >= 0.6 is 23.5 Å². The molecule has 0 spiro atoms. The predicted octanol–water partition coefficient (Wildman–Crippen LogP) is 3.61. The predicted molar refractivity (Wildman–Crippen MR) is 94.8 cm³/mol. The molecule has 0 aliphatic rings. The van der Waals surface area contributed by atoms with Crippen molar-refractivity contribution in [3.63, 3.8) is 0 Å². The highest BCUT2D eigenvalue weighted by Crippen LogP contribution is 2.36. The Labute approximate surface area is 140 Å². The van der Waals surface area contributed by atoms with Crippen molar-refractivity contribution in [1.82, 2.24) is 4.98 Å². The van der Waals surface area contributed by atoms with Gasteiger partial charge in [0.1, 0.15) is 0 Å². The summed E-state index contributed by atoms with van der Waals surface area (Å²) in [6.45, 7) is 6.49. The number of thioether (sulfide) groups is 2. The van der Waals surface area contributed by atoms with Crippen LogP contribution in [0.5, 0.6) is 0 Å². The van der Waals surface area contributed by atoms with E-state index in [1.54, 1.807) is 50.0 Å². The van der Waals surface area contributed by atoms with Gasteiger partial charge in [-0.3, -0.25) is 4.98 Å². The zero-order chi connectivity index (χ0) is 16.2. The fraction of sp³-hybridized carbons (Fsp3) is 0.375. The van der Waals surface area contributed by atoms with Crippen LogP contribution in [0, 0.1) is 0 Å². The second-order valence-electron chi connectivity index (χ2n) is 4.07. The van der Waals surface area contributed by atoms with Crippen LogP contribution in [0.3, 0.4) is 0 Å². The lowest BCUT2D eigenvalue weighted by Gasteiger charge is -2.13. The van der Waals surface area contributed by atoms with Crippen molar-refractivity contribution in [3.8, 4) is 0 Å². The van der Waals surface area contributed by atoms with E-state index in [9.17, 15) is 4.79 Å². The van der Waals surface area contributed by atoms with Crippen LogP contribution in [0.1, 0.15) is 12.5 Å². The number of nitrogens with zero attached hydrogens (tertiary/aromatic N) is 1. The summed E-state index contributed by atoms with van der Waals surface area (Å²) in [6.07, 6.45) is 5.17. The van der Waals surface area contributed by atoms with Crippen molar-refractivity contribution >= 4 is 35.1 Å². The van der Waals surface area contributed by atoms with Crippen LogP contribution in [0.2, 0.25) is 0 Å².